The van der Waals surface area contributed by atoms with Crippen LogP contribution in [-0.4, -0.2) is 6.61 Å². The second-order valence-corrected chi connectivity index (χ2v) is 8.11. The van der Waals surface area contributed by atoms with Crippen LogP contribution < -0.4 is 4.74 Å². The van der Waals surface area contributed by atoms with E-state index in [1.54, 1.807) is 0 Å². The van der Waals surface area contributed by atoms with Gasteiger partial charge >= 0.3 is 0 Å². The van der Waals surface area contributed by atoms with Crippen LogP contribution in [-0.2, 0) is 5.41 Å². The Labute approximate surface area is 150 Å². The molecule has 0 aliphatic heterocycles. The molecule has 140 valence electrons. The van der Waals surface area contributed by atoms with Gasteiger partial charge in [-0.1, -0.05) is 98.3 Å². The zero-order valence-corrected chi connectivity index (χ0v) is 16.7. The van der Waals surface area contributed by atoms with Crippen molar-refractivity contribution < 1.29 is 9.15 Å². The largest absolute Gasteiger partial charge is 0.465 e. The molecule has 0 saturated carbocycles. The van der Waals surface area contributed by atoms with Crippen molar-refractivity contribution in [2.24, 2.45) is 0 Å². The SMILES string of the molecule is CCCCCCCCCCCCCCOc1ccc(C(C)(C)C)o1. The van der Waals surface area contributed by atoms with Gasteiger partial charge in [-0.05, 0) is 12.5 Å². The maximum absolute atomic E-state index is 5.73. The van der Waals surface area contributed by atoms with Crippen molar-refractivity contribution in [2.75, 3.05) is 6.61 Å². The van der Waals surface area contributed by atoms with Crippen LogP contribution in [0.1, 0.15) is 111 Å². The summed E-state index contributed by atoms with van der Waals surface area (Å²) in [6, 6.07) is 3.97. The van der Waals surface area contributed by atoms with Crippen LogP contribution in [0.2, 0.25) is 0 Å². The van der Waals surface area contributed by atoms with Crippen molar-refractivity contribution in [2.45, 2.75) is 110 Å². The summed E-state index contributed by atoms with van der Waals surface area (Å²) in [5, 5.41) is 0. The van der Waals surface area contributed by atoms with Crippen molar-refractivity contribution in [1.82, 2.24) is 0 Å². The minimum atomic E-state index is 0.0532. The summed E-state index contributed by atoms with van der Waals surface area (Å²) in [6.45, 7) is 9.51. The molecule has 0 aliphatic carbocycles. The third kappa shape index (κ3) is 10.1. The van der Waals surface area contributed by atoms with Gasteiger partial charge in [0.15, 0.2) is 0 Å². The Morgan fingerprint density at radius 2 is 1.25 bits per heavy atom. The summed E-state index contributed by atoms with van der Waals surface area (Å²) in [5.41, 5.74) is 0.0532. The lowest BCUT2D eigenvalue weighted by Gasteiger charge is -2.13. The van der Waals surface area contributed by atoms with Crippen LogP contribution in [0.3, 0.4) is 0 Å². The fourth-order valence-corrected chi connectivity index (χ4v) is 2.92. The van der Waals surface area contributed by atoms with E-state index in [1.807, 2.05) is 12.1 Å². The predicted molar refractivity (Wildman–Crippen MR) is 104 cm³/mol. The van der Waals surface area contributed by atoms with E-state index in [4.69, 9.17) is 9.15 Å². The maximum Gasteiger partial charge on any atom is 0.284 e. The van der Waals surface area contributed by atoms with E-state index in [-0.39, 0.29) is 5.41 Å². The number of furan rings is 1. The molecule has 1 aromatic rings. The molecule has 0 spiro atoms. The van der Waals surface area contributed by atoms with Crippen LogP contribution in [0.5, 0.6) is 5.95 Å². The lowest BCUT2D eigenvalue weighted by Crippen LogP contribution is -2.09. The smallest absolute Gasteiger partial charge is 0.284 e. The highest BCUT2D eigenvalue weighted by atomic mass is 16.6. The molecule has 0 amide bonds. The number of hydrogen-bond donors (Lipinski definition) is 0. The lowest BCUT2D eigenvalue weighted by molar-refractivity contribution is 0.221. The fraction of sp³-hybridized carbons (Fsp3) is 0.818. The maximum atomic E-state index is 5.73. The highest BCUT2D eigenvalue weighted by Gasteiger charge is 2.18. The third-order valence-electron chi connectivity index (χ3n) is 4.56. The molecule has 2 heteroatoms. The Bertz CT molecular complexity index is 400. The first kappa shape index (κ1) is 21.1. The molecular weight excluding hydrogens is 296 g/mol. The van der Waals surface area contributed by atoms with E-state index >= 15 is 0 Å². The molecule has 1 heterocycles. The number of ether oxygens (including phenoxy) is 1. The molecule has 0 N–H and O–H groups in total. The molecule has 0 unspecified atom stereocenters. The van der Waals surface area contributed by atoms with Crippen LogP contribution in [0, 0.1) is 0 Å². The number of unbranched alkanes of at least 4 members (excludes halogenated alkanes) is 11. The van der Waals surface area contributed by atoms with Gasteiger partial charge in [0.1, 0.15) is 5.76 Å². The first-order chi connectivity index (χ1) is 11.5. The molecule has 0 fully saturated rings. The first-order valence-corrected chi connectivity index (χ1v) is 10.3. The Kier molecular flexibility index (Phi) is 11.0. The summed E-state index contributed by atoms with van der Waals surface area (Å²) < 4.78 is 11.4. The molecule has 0 aromatic carbocycles. The van der Waals surface area contributed by atoms with Crippen LogP contribution >= 0.6 is 0 Å². The van der Waals surface area contributed by atoms with Gasteiger partial charge < -0.3 is 9.15 Å². The molecule has 2 nitrogen and oxygen atoms in total. The van der Waals surface area contributed by atoms with Crippen LogP contribution in [0.4, 0.5) is 0 Å². The number of hydrogen-bond acceptors (Lipinski definition) is 2. The third-order valence-corrected chi connectivity index (χ3v) is 4.56. The highest BCUT2D eigenvalue weighted by molar-refractivity contribution is 5.17. The van der Waals surface area contributed by atoms with Gasteiger partial charge in [0, 0.05) is 11.5 Å². The van der Waals surface area contributed by atoms with Gasteiger partial charge in [-0.3, -0.25) is 0 Å². The standard InChI is InChI=1S/C22H40O2/c1-5-6-7-8-9-10-11-12-13-14-15-16-19-23-21-18-17-20(24-21)22(2,3)4/h17-18H,5-16,19H2,1-4H3. The minimum Gasteiger partial charge on any atom is -0.465 e. The molecule has 0 radical (unpaired) electrons. The van der Waals surface area contributed by atoms with Gasteiger partial charge in [0.05, 0.1) is 6.61 Å². The summed E-state index contributed by atoms with van der Waals surface area (Å²) in [4.78, 5) is 0. The highest BCUT2D eigenvalue weighted by Crippen LogP contribution is 2.27. The Morgan fingerprint density at radius 1 is 0.750 bits per heavy atom. The van der Waals surface area contributed by atoms with Gasteiger partial charge in [-0.2, -0.15) is 0 Å². The van der Waals surface area contributed by atoms with E-state index in [9.17, 15) is 0 Å². The van der Waals surface area contributed by atoms with E-state index in [0.717, 1.165) is 18.8 Å². The molecule has 0 atom stereocenters. The molecule has 0 saturated heterocycles. The van der Waals surface area contributed by atoms with E-state index in [1.165, 1.54) is 70.6 Å². The topological polar surface area (TPSA) is 22.4 Å². The molecule has 0 bridgehead atoms. The first-order valence-electron chi connectivity index (χ1n) is 10.3. The van der Waals surface area contributed by atoms with Crippen LogP contribution in [0.15, 0.2) is 16.5 Å². The van der Waals surface area contributed by atoms with Crippen molar-refractivity contribution in [3.8, 4) is 5.95 Å². The van der Waals surface area contributed by atoms with E-state index < -0.39 is 0 Å². The van der Waals surface area contributed by atoms with Crippen molar-refractivity contribution >= 4 is 0 Å². The molecule has 1 rings (SSSR count). The van der Waals surface area contributed by atoms with Gasteiger partial charge in [0.2, 0.25) is 0 Å². The number of rotatable bonds is 14. The molecule has 1 aromatic heterocycles. The average Bonchev–Trinajstić information content (AvgIpc) is 3.01. The zero-order chi connectivity index (χ0) is 17.7. The molecule has 24 heavy (non-hydrogen) atoms. The van der Waals surface area contributed by atoms with E-state index in [0.29, 0.717) is 5.95 Å². The van der Waals surface area contributed by atoms with Gasteiger partial charge in [-0.15, -0.1) is 0 Å². The lowest BCUT2D eigenvalue weighted by atomic mass is 9.94. The molecular formula is C22H40O2. The summed E-state index contributed by atoms with van der Waals surface area (Å²) in [7, 11) is 0. The van der Waals surface area contributed by atoms with Crippen molar-refractivity contribution in [1.29, 1.82) is 0 Å². The average molecular weight is 337 g/mol. The normalized spacial score (nSPS) is 11.8. The van der Waals surface area contributed by atoms with Crippen LogP contribution in [0.25, 0.3) is 0 Å². The van der Waals surface area contributed by atoms with E-state index in [2.05, 4.69) is 27.7 Å². The Balaban J connectivity index is 1.88. The van der Waals surface area contributed by atoms with Crippen molar-refractivity contribution in [3.05, 3.63) is 17.9 Å². The summed E-state index contributed by atoms with van der Waals surface area (Å²) in [6.07, 6.45) is 16.4. The summed E-state index contributed by atoms with van der Waals surface area (Å²) >= 11 is 0. The monoisotopic (exact) mass is 336 g/mol. The Morgan fingerprint density at radius 3 is 1.71 bits per heavy atom. The quantitative estimate of drug-likeness (QED) is 0.325. The van der Waals surface area contributed by atoms with Crippen molar-refractivity contribution in [3.63, 3.8) is 0 Å². The van der Waals surface area contributed by atoms with Gasteiger partial charge in [0.25, 0.3) is 5.95 Å². The predicted octanol–water partition coefficient (Wildman–Crippen LogP) is 7.66. The second-order valence-electron chi connectivity index (χ2n) is 8.11. The fourth-order valence-electron chi connectivity index (χ4n) is 2.92. The zero-order valence-electron chi connectivity index (χ0n) is 16.7. The van der Waals surface area contributed by atoms with Gasteiger partial charge in [-0.25, -0.2) is 0 Å². The minimum absolute atomic E-state index is 0.0532. The Hall–Kier alpha value is -0.920. The summed E-state index contributed by atoms with van der Waals surface area (Å²) in [5.74, 6) is 1.66. The second kappa shape index (κ2) is 12.4. The molecule has 0 aliphatic rings.